The number of carbonyl (C=O) groups excluding carboxylic acids is 2. The molecule has 4 heterocycles. The molecule has 1 aromatic carbocycles. The minimum absolute atomic E-state index is 0.0897. The minimum Gasteiger partial charge on any atom is -0.377 e. The summed E-state index contributed by atoms with van der Waals surface area (Å²) in [6.45, 7) is 8.96. The predicted molar refractivity (Wildman–Crippen MR) is 164 cm³/mol. The van der Waals surface area contributed by atoms with Crippen molar-refractivity contribution in [2.45, 2.75) is 64.5 Å². The summed E-state index contributed by atoms with van der Waals surface area (Å²) in [5.41, 5.74) is 2.86. The SMILES string of the molecule is C[C@@H]1COCCN1c1nc(N2CCOC[C@H]2C)c2ccc(-c3cccc(C(=O)NCCCCCCCC=O)c3)nc2n1. The van der Waals surface area contributed by atoms with Crippen molar-refractivity contribution in [3.8, 4) is 11.3 Å². The molecule has 2 fully saturated rings. The molecule has 5 rings (SSSR count). The highest BCUT2D eigenvalue weighted by Crippen LogP contribution is 2.31. The average molecular weight is 575 g/mol. The van der Waals surface area contributed by atoms with E-state index in [2.05, 4.69) is 29.0 Å². The van der Waals surface area contributed by atoms with Crippen LogP contribution in [0, 0.1) is 0 Å². The molecule has 0 aliphatic carbocycles. The van der Waals surface area contributed by atoms with Crippen LogP contribution in [-0.4, -0.2) is 85.3 Å². The second-order valence-corrected chi connectivity index (χ2v) is 11.2. The van der Waals surface area contributed by atoms with E-state index in [1.54, 1.807) is 0 Å². The summed E-state index contributed by atoms with van der Waals surface area (Å²) >= 11 is 0. The number of hydrogen-bond acceptors (Lipinski definition) is 9. The van der Waals surface area contributed by atoms with E-state index in [9.17, 15) is 9.59 Å². The van der Waals surface area contributed by atoms with Gasteiger partial charge in [0.05, 0.1) is 49.6 Å². The molecule has 2 aliphatic heterocycles. The zero-order valence-electron chi connectivity index (χ0n) is 24.8. The van der Waals surface area contributed by atoms with E-state index in [1.807, 2.05) is 36.4 Å². The highest BCUT2D eigenvalue weighted by atomic mass is 16.5. The van der Waals surface area contributed by atoms with Crippen molar-refractivity contribution >= 4 is 35.0 Å². The van der Waals surface area contributed by atoms with Crippen molar-refractivity contribution in [2.75, 3.05) is 55.9 Å². The number of ether oxygens (including phenoxy) is 2. The summed E-state index contributed by atoms with van der Waals surface area (Å²) in [5.74, 6) is 1.45. The first-order valence-corrected chi connectivity index (χ1v) is 15.2. The Morgan fingerprint density at radius 1 is 0.929 bits per heavy atom. The molecule has 2 saturated heterocycles. The number of carbonyl (C=O) groups is 2. The lowest BCUT2D eigenvalue weighted by Crippen LogP contribution is -2.46. The summed E-state index contributed by atoms with van der Waals surface area (Å²) in [6, 6.07) is 12.0. The van der Waals surface area contributed by atoms with E-state index >= 15 is 0 Å². The Bertz CT molecular complexity index is 1370. The Hall–Kier alpha value is -3.63. The number of unbranched alkanes of at least 4 members (excludes halogenated alkanes) is 5. The Morgan fingerprint density at radius 2 is 1.67 bits per heavy atom. The number of nitrogens with zero attached hydrogens (tertiary/aromatic N) is 5. The number of amides is 1. The van der Waals surface area contributed by atoms with Crippen LogP contribution < -0.4 is 15.1 Å². The predicted octanol–water partition coefficient (Wildman–Crippen LogP) is 4.41. The quantitative estimate of drug-likeness (QED) is 0.248. The Labute approximate surface area is 247 Å². The van der Waals surface area contributed by atoms with Crippen molar-refractivity contribution in [3.05, 3.63) is 42.0 Å². The third kappa shape index (κ3) is 7.22. The maximum Gasteiger partial charge on any atom is 0.251 e. The van der Waals surface area contributed by atoms with Gasteiger partial charge < -0.3 is 29.4 Å². The molecule has 0 saturated carbocycles. The lowest BCUT2D eigenvalue weighted by molar-refractivity contribution is -0.107. The molecule has 0 bridgehead atoms. The monoisotopic (exact) mass is 574 g/mol. The van der Waals surface area contributed by atoms with Crippen LogP contribution in [0.1, 0.15) is 62.7 Å². The van der Waals surface area contributed by atoms with Crippen LogP contribution in [0.15, 0.2) is 36.4 Å². The number of aromatic nitrogens is 3. The molecule has 0 radical (unpaired) electrons. The van der Waals surface area contributed by atoms with Crippen molar-refractivity contribution in [1.29, 1.82) is 0 Å². The molecule has 0 spiro atoms. The van der Waals surface area contributed by atoms with Gasteiger partial charge in [0.2, 0.25) is 5.95 Å². The van der Waals surface area contributed by atoms with Crippen molar-refractivity contribution in [1.82, 2.24) is 20.3 Å². The number of fused-ring (bicyclic) bond motifs is 1. The van der Waals surface area contributed by atoms with Crippen LogP contribution in [0.5, 0.6) is 0 Å². The van der Waals surface area contributed by atoms with Crippen LogP contribution >= 0.6 is 0 Å². The maximum atomic E-state index is 12.9. The fourth-order valence-electron chi connectivity index (χ4n) is 5.56. The minimum atomic E-state index is -0.0897. The fourth-order valence-corrected chi connectivity index (χ4v) is 5.56. The topological polar surface area (TPSA) is 110 Å². The third-order valence-corrected chi connectivity index (χ3v) is 8.00. The molecule has 2 atom stereocenters. The molecule has 1 amide bonds. The van der Waals surface area contributed by atoms with Gasteiger partial charge in [0.25, 0.3) is 5.91 Å². The number of rotatable bonds is 12. The van der Waals surface area contributed by atoms with Gasteiger partial charge in [-0.2, -0.15) is 9.97 Å². The molecule has 2 aliphatic rings. The average Bonchev–Trinajstić information content (AvgIpc) is 3.02. The number of hydrogen-bond donors (Lipinski definition) is 1. The zero-order chi connectivity index (χ0) is 29.3. The first-order valence-electron chi connectivity index (χ1n) is 15.2. The van der Waals surface area contributed by atoms with Crippen molar-refractivity contribution < 1.29 is 19.1 Å². The number of pyridine rings is 1. The van der Waals surface area contributed by atoms with Gasteiger partial charge >= 0.3 is 0 Å². The summed E-state index contributed by atoms with van der Waals surface area (Å²) in [4.78, 5) is 42.8. The summed E-state index contributed by atoms with van der Waals surface area (Å²) < 4.78 is 11.4. The molecule has 10 nitrogen and oxygen atoms in total. The summed E-state index contributed by atoms with van der Waals surface area (Å²) in [7, 11) is 0. The van der Waals surface area contributed by atoms with Gasteiger partial charge in [0.15, 0.2) is 5.65 Å². The first kappa shape index (κ1) is 29.8. The zero-order valence-corrected chi connectivity index (χ0v) is 24.8. The largest absolute Gasteiger partial charge is 0.377 e. The number of aldehydes is 1. The van der Waals surface area contributed by atoms with Crippen LogP contribution in [0.3, 0.4) is 0 Å². The van der Waals surface area contributed by atoms with E-state index in [1.165, 1.54) is 0 Å². The maximum absolute atomic E-state index is 12.9. The van der Waals surface area contributed by atoms with E-state index in [0.717, 1.165) is 73.9 Å². The number of nitrogens with one attached hydrogen (secondary N) is 1. The Kier molecular flexibility index (Phi) is 10.3. The van der Waals surface area contributed by atoms with Gasteiger partial charge in [-0.25, -0.2) is 4.98 Å². The van der Waals surface area contributed by atoms with E-state index in [4.69, 9.17) is 24.4 Å². The molecule has 224 valence electrons. The van der Waals surface area contributed by atoms with E-state index in [-0.39, 0.29) is 18.0 Å². The Morgan fingerprint density at radius 3 is 2.43 bits per heavy atom. The van der Waals surface area contributed by atoms with E-state index < -0.39 is 0 Å². The molecule has 1 N–H and O–H groups in total. The summed E-state index contributed by atoms with van der Waals surface area (Å²) in [6.07, 6.45) is 6.65. The van der Waals surface area contributed by atoms with Gasteiger partial charge in [-0.3, -0.25) is 4.79 Å². The van der Waals surface area contributed by atoms with Gasteiger partial charge in [-0.1, -0.05) is 31.4 Å². The van der Waals surface area contributed by atoms with Crippen LogP contribution in [-0.2, 0) is 14.3 Å². The molecule has 2 aromatic heterocycles. The van der Waals surface area contributed by atoms with Crippen LogP contribution in [0.25, 0.3) is 22.3 Å². The standard InChI is InChI=1S/C32H42N6O4/c1-23-21-41-18-15-37(23)30-27-12-13-28(34-29(27)35-32(36-30)38-16-19-42-22-24(38)2)25-10-9-11-26(20-25)31(40)33-14-7-5-3-4-6-8-17-39/h9-13,17,20,23-24H,3-8,14-16,18-19,21-22H2,1-2H3,(H,33,40)/t23-,24-/m1/s1. The summed E-state index contributed by atoms with van der Waals surface area (Å²) in [5, 5.41) is 3.94. The van der Waals surface area contributed by atoms with Gasteiger partial charge in [0, 0.05) is 37.2 Å². The van der Waals surface area contributed by atoms with Crippen LogP contribution in [0.2, 0.25) is 0 Å². The first-order chi connectivity index (χ1) is 20.5. The highest BCUT2D eigenvalue weighted by Gasteiger charge is 2.27. The normalized spacial score (nSPS) is 19.2. The molecule has 3 aromatic rings. The second-order valence-electron chi connectivity index (χ2n) is 11.2. The van der Waals surface area contributed by atoms with Crippen molar-refractivity contribution in [2.24, 2.45) is 0 Å². The molecular weight excluding hydrogens is 532 g/mol. The molecular formula is C32H42N6O4. The lowest BCUT2D eigenvalue weighted by Gasteiger charge is -2.37. The van der Waals surface area contributed by atoms with Gasteiger partial charge in [-0.15, -0.1) is 0 Å². The molecule has 0 unspecified atom stereocenters. The highest BCUT2D eigenvalue weighted by molar-refractivity contribution is 5.96. The van der Waals surface area contributed by atoms with Gasteiger partial charge in [0.1, 0.15) is 12.1 Å². The van der Waals surface area contributed by atoms with Crippen LogP contribution in [0.4, 0.5) is 11.8 Å². The Balaban J connectivity index is 1.36. The van der Waals surface area contributed by atoms with Crippen molar-refractivity contribution in [3.63, 3.8) is 0 Å². The number of anilines is 2. The lowest BCUT2D eigenvalue weighted by atomic mass is 10.1. The smallest absolute Gasteiger partial charge is 0.251 e. The number of morpholine rings is 2. The van der Waals surface area contributed by atoms with Gasteiger partial charge in [-0.05, 0) is 51.0 Å². The number of benzene rings is 1. The molecule has 10 heteroatoms. The molecule has 42 heavy (non-hydrogen) atoms. The second kappa shape index (κ2) is 14.5. The third-order valence-electron chi connectivity index (χ3n) is 8.00. The fraction of sp³-hybridized carbons (Fsp3) is 0.531. The van der Waals surface area contributed by atoms with E-state index in [0.29, 0.717) is 56.6 Å².